The SMILES string of the molecule is CC(C)(NC(=O)/C=C/c1cccc(F)c1)C(=O)O. The van der Waals surface area contributed by atoms with Crippen LogP contribution in [0, 0.1) is 5.82 Å². The number of hydrogen-bond acceptors (Lipinski definition) is 2. The van der Waals surface area contributed by atoms with Crippen LogP contribution in [-0.2, 0) is 9.59 Å². The predicted octanol–water partition coefficient (Wildman–Crippen LogP) is 1.82. The van der Waals surface area contributed by atoms with Gasteiger partial charge in [0.1, 0.15) is 11.4 Å². The lowest BCUT2D eigenvalue weighted by molar-refractivity contribution is -0.145. The summed E-state index contributed by atoms with van der Waals surface area (Å²) in [7, 11) is 0. The highest BCUT2D eigenvalue weighted by molar-refractivity contribution is 5.95. The zero-order chi connectivity index (χ0) is 13.8. The van der Waals surface area contributed by atoms with E-state index in [1.165, 1.54) is 44.2 Å². The second kappa shape index (κ2) is 5.44. The fourth-order valence-electron chi connectivity index (χ4n) is 1.19. The number of carbonyl (C=O) groups is 2. The summed E-state index contributed by atoms with van der Waals surface area (Å²) in [6, 6.07) is 5.72. The highest BCUT2D eigenvalue weighted by atomic mass is 19.1. The molecule has 4 nitrogen and oxygen atoms in total. The topological polar surface area (TPSA) is 66.4 Å². The largest absolute Gasteiger partial charge is 0.480 e. The van der Waals surface area contributed by atoms with E-state index in [0.717, 1.165) is 0 Å². The van der Waals surface area contributed by atoms with Crippen molar-refractivity contribution in [2.75, 3.05) is 0 Å². The molecule has 5 heteroatoms. The van der Waals surface area contributed by atoms with Gasteiger partial charge in [0.15, 0.2) is 0 Å². The molecule has 0 saturated carbocycles. The van der Waals surface area contributed by atoms with Gasteiger partial charge in [0.05, 0.1) is 0 Å². The Bertz CT molecular complexity index is 495. The maximum Gasteiger partial charge on any atom is 0.328 e. The minimum absolute atomic E-state index is 0.400. The molecule has 0 aliphatic carbocycles. The van der Waals surface area contributed by atoms with Crippen molar-refractivity contribution in [1.82, 2.24) is 5.32 Å². The fourth-order valence-corrected chi connectivity index (χ4v) is 1.19. The molecule has 0 aromatic heterocycles. The first-order valence-corrected chi connectivity index (χ1v) is 5.30. The van der Waals surface area contributed by atoms with Crippen LogP contribution in [0.15, 0.2) is 30.3 Å². The number of halogens is 1. The summed E-state index contributed by atoms with van der Waals surface area (Å²) in [5.74, 6) is -2.08. The molecule has 1 aromatic carbocycles. The summed E-state index contributed by atoms with van der Waals surface area (Å²) < 4.78 is 12.9. The first-order chi connectivity index (χ1) is 8.31. The van der Waals surface area contributed by atoms with Gasteiger partial charge in [-0.1, -0.05) is 12.1 Å². The number of rotatable bonds is 4. The maximum atomic E-state index is 12.9. The summed E-state index contributed by atoms with van der Waals surface area (Å²) in [5, 5.41) is 11.1. The van der Waals surface area contributed by atoms with Gasteiger partial charge in [-0.15, -0.1) is 0 Å². The molecule has 18 heavy (non-hydrogen) atoms. The first-order valence-electron chi connectivity index (χ1n) is 5.30. The molecule has 0 bridgehead atoms. The normalized spacial score (nSPS) is 11.5. The second-order valence-corrected chi connectivity index (χ2v) is 4.31. The zero-order valence-electron chi connectivity index (χ0n) is 10.1. The molecule has 1 rings (SSSR count). The third-order valence-electron chi connectivity index (χ3n) is 2.25. The molecule has 0 unspecified atom stereocenters. The van der Waals surface area contributed by atoms with Crippen molar-refractivity contribution in [3.63, 3.8) is 0 Å². The van der Waals surface area contributed by atoms with Gasteiger partial charge in [-0.25, -0.2) is 9.18 Å². The van der Waals surface area contributed by atoms with Gasteiger partial charge < -0.3 is 10.4 Å². The number of carbonyl (C=O) groups excluding carboxylic acids is 1. The monoisotopic (exact) mass is 251 g/mol. The molecule has 2 N–H and O–H groups in total. The lowest BCUT2D eigenvalue weighted by Crippen LogP contribution is -2.49. The number of hydrogen-bond donors (Lipinski definition) is 2. The third-order valence-corrected chi connectivity index (χ3v) is 2.25. The van der Waals surface area contributed by atoms with Crippen molar-refractivity contribution in [3.05, 3.63) is 41.7 Å². The standard InChI is InChI=1S/C13H14FNO3/c1-13(2,12(17)18)15-11(16)7-6-9-4-3-5-10(14)8-9/h3-8H,1-2H3,(H,15,16)(H,17,18)/b7-6+. The average molecular weight is 251 g/mol. The second-order valence-electron chi connectivity index (χ2n) is 4.31. The van der Waals surface area contributed by atoms with Crippen LogP contribution >= 0.6 is 0 Å². The summed E-state index contributed by atoms with van der Waals surface area (Å²) in [4.78, 5) is 22.3. The van der Waals surface area contributed by atoms with Crippen molar-refractivity contribution >= 4 is 18.0 Å². The zero-order valence-corrected chi connectivity index (χ0v) is 10.1. The van der Waals surface area contributed by atoms with E-state index in [1.54, 1.807) is 6.07 Å². The van der Waals surface area contributed by atoms with E-state index >= 15 is 0 Å². The van der Waals surface area contributed by atoms with Crippen molar-refractivity contribution in [3.8, 4) is 0 Å². The van der Waals surface area contributed by atoms with Crippen LogP contribution in [0.1, 0.15) is 19.4 Å². The number of carboxylic acids is 1. The Hall–Kier alpha value is -2.17. The quantitative estimate of drug-likeness (QED) is 0.802. The molecule has 0 atom stereocenters. The highest BCUT2D eigenvalue weighted by Crippen LogP contribution is 2.06. The van der Waals surface area contributed by atoms with Crippen LogP contribution in [-0.4, -0.2) is 22.5 Å². The summed E-state index contributed by atoms with van der Waals surface area (Å²) >= 11 is 0. The van der Waals surface area contributed by atoms with Gasteiger partial charge >= 0.3 is 5.97 Å². The van der Waals surface area contributed by atoms with Crippen molar-refractivity contribution in [1.29, 1.82) is 0 Å². The smallest absolute Gasteiger partial charge is 0.328 e. The van der Waals surface area contributed by atoms with Gasteiger partial charge in [-0.3, -0.25) is 4.79 Å². The van der Waals surface area contributed by atoms with Crippen LogP contribution in [0.2, 0.25) is 0 Å². The van der Waals surface area contributed by atoms with E-state index in [4.69, 9.17) is 5.11 Å². The summed E-state index contributed by atoms with van der Waals surface area (Å²) in [5.41, 5.74) is -0.818. The van der Waals surface area contributed by atoms with Crippen molar-refractivity contribution in [2.45, 2.75) is 19.4 Å². The van der Waals surface area contributed by atoms with Gasteiger partial charge in [-0.05, 0) is 37.6 Å². The molecular formula is C13H14FNO3. The van der Waals surface area contributed by atoms with E-state index in [9.17, 15) is 14.0 Å². The molecule has 0 radical (unpaired) electrons. The highest BCUT2D eigenvalue weighted by Gasteiger charge is 2.27. The molecule has 0 aliphatic rings. The number of benzene rings is 1. The Morgan fingerprint density at radius 2 is 2.06 bits per heavy atom. The average Bonchev–Trinajstić information content (AvgIpc) is 2.25. The number of amides is 1. The molecule has 0 saturated heterocycles. The van der Waals surface area contributed by atoms with Crippen LogP contribution in [0.3, 0.4) is 0 Å². The minimum Gasteiger partial charge on any atom is -0.480 e. The maximum absolute atomic E-state index is 12.9. The van der Waals surface area contributed by atoms with E-state index in [0.29, 0.717) is 5.56 Å². The lowest BCUT2D eigenvalue weighted by atomic mass is 10.1. The predicted molar refractivity (Wildman–Crippen MR) is 65.3 cm³/mol. The van der Waals surface area contributed by atoms with Gasteiger partial charge in [0.2, 0.25) is 5.91 Å². The summed E-state index contributed by atoms with van der Waals surface area (Å²) in [6.07, 6.45) is 2.58. The van der Waals surface area contributed by atoms with Crippen LogP contribution in [0.4, 0.5) is 4.39 Å². The Kier molecular flexibility index (Phi) is 4.20. The number of carboxylic acid groups (broad SMARTS) is 1. The molecule has 0 spiro atoms. The van der Waals surface area contributed by atoms with Crippen LogP contribution in [0.5, 0.6) is 0 Å². The molecule has 0 heterocycles. The van der Waals surface area contributed by atoms with E-state index in [2.05, 4.69) is 5.32 Å². The molecule has 0 aliphatic heterocycles. The molecular weight excluding hydrogens is 237 g/mol. The van der Waals surface area contributed by atoms with E-state index in [1.807, 2.05) is 0 Å². The van der Waals surface area contributed by atoms with E-state index < -0.39 is 23.2 Å². The first kappa shape index (κ1) is 13.9. The number of nitrogens with one attached hydrogen (secondary N) is 1. The molecule has 1 amide bonds. The Labute approximate surface area is 104 Å². The Morgan fingerprint density at radius 1 is 1.39 bits per heavy atom. The summed E-state index contributed by atoms with van der Waals surface area (Å²) in [6.45, 7) is 2.76. The Morgan fingerprint density at radius 3 is 2.61 bits per heavy atom. The van der Waals surface area contributed by atoms with Crippen molar-refractivity contribution < 1.29 is 19.1 Å². The van der Waals surface area contributed by atoms with E-state index in [-0.39, 0.29) is 0 Å². The minimum atomic E-state index is -1.34. The van der Waals surface area contributed by atoms with Gasteiger partial charge in [0.25, 0.3) is 0 Å². The number of aliphatic carboxylic acids is 1. The molecule has 96 valence electrons. The van der Waals surface area contributed by atoms with Crippen LogP contribution < -0.4 is 5.32 Å². The lowest BCUT2D eigenvalue weighted by Gasteiger charge is -2.19. The van der Waals surface area contributed by atoms with Gasteiger partial charge in [0, 0.05) is 6.08 Å². The van der Waals surface area contributed by atoms with Crippen molar-refractivity contribution in [2.24, 2.45) is 0 Å². The molecule has 0 fully saturated rings. The third kappa shape index (κ3) is 4.01. The van der Waals surface area contributed by atoms with Crippen LogP contribution in [0.25, 0.3) is 6.08 Å². The Balaban J connectivity index is 2.68. The van der Waals surface area contributed by atoms with Gasteiger partial charge in [-0.2, -0.15) is 0 Å². The fraction of sp³-hybridized carbons (Fsp3) is 0.231. The molecule has 1 aromatic rings.